The number of thiazole rings is 1. The lowest BCUT2D eigenvalue weighted by molar-refractivity contribution is 0.886. The SMILES string of the molecule is CSc1nc2nn(-c3ccc(C)cc3)cc2s1. The van der Waals surface area contributed by atoms with E-state index in [4.69, 9.17) is 0 Å². The summed E-state index contributed by atoms with van der Waals surface area (Å²) in [5.41, 5.74) is 3.16. The molecule has 0 bridgehead atoms. The topological polar surface area (TPSA) is 30.7 Å². The minimum atomic E-state index is 0.833. The molecule has 0 saturated heterocycles. The first-order valence-electron chi connectivity index (χ1n) is 5.23. The van der Waals surface area contributed by atoms with E-state index >= 15 is 0 Å². The Bertz CT molecular complexity index is 621. The maximum Gasteiger partial charge on any atom is 0.193 e. The number of thioether (sulfide) groups is 1. The van der Waals surface area contributed by atoms with Gasteiger partial charge in [0.2, 0.25) is 0 Å². The molecule has 3 rings (SSSR count). The Hall–Kier alpha value is -1.33. The van der Waals surface area contributed by atoms with Crippen LogP contribution in [0.15, 0.2) is 34.8 Å². The summed E-state index contributed by atoms with van der Waals surface area (Å²) in [5.74, 6) is 0. The number of hydrogen-bond acceptors (Lipinski definition) is 4. The van der Waals surface area contributed by atoms with Crippen molar-refractivity contribution in [2.75, 3.05) is 6.26 Å². The van der Waals surface area contributed by atoms with Gasteiger partial charge in [0.25, 0.3) is 0 Å². The van der Waals surface area contributed by atoms with Crippen LogP contribution in [0.2, 0.25) is 0 Å². The van der Waals surface area contributed by atoms with Crippen molar-refractivity contribution >= 4 is 33.4 Å². The Kier molecular flexibility index (Phi) is 2.64. The molecule has 3 nitrogen and oxygen atoms in total. The molecule has 86 valence electrons. The molecule has 0 amide bonds. The van der Waals surface area contributed by atoms with E-state index < -0.39 is 0 Å². The van der Waals surface area contributed by atoms with Crippen molar-refractivity contribution in [3.63, 3.8) is 0 Å². The zero-order chi connectivity index (χ0) is 11.8. The van der Waals surface area contributed by atoms with E-state index in [1.807, 2.05) is 17.1 Å². The third-order valence-electron chi connectivity index (χ3n) is 2.53. The van der Waals surface area contributed by atoms with E-state index in [0.717, 1.165) is 20.4 Å². The molecule has 0 aliphatic heterocycles. The molecule has 2 aromatic heterocycles. The number of aromatic nitrogens is 3. The fraction of sp³-hybridized carbons (Fsp3) is 0.167. The zero-order valence-electron chi connectivity index (χ0n) is 9.54. The molecule has 1 aromatic carbocycles. The fourth-order valence-corrected chi connectivity index (χ4v) is 3.05. The maximum atomic E-state index is 4.48. The number of aryl methyl sites for hydroxylation is 1. The van der Waals surface area contributed by atoms with Gasteiger partial charge < -0.3 is 0 Å². The van der Waals surface area contributed by atoms with Crippen LogP contribution in [-0.2, 0) is 0 Å². The molecule has 3 aromatic rings. The fourth-order valence-electron chi connectivity index (χ4n) is 1.62. The van der Waals surface area contributed by atoms with Gasteiger partial charge in [0.1, 0.15) is 0 Å². The van der Waals surface area contributed by atoms with Crippen molar-refractivity contribution in [1.29, 1.82) is 0 Å². The monoisotopic (exact) mass is 261 g/mol. The Morgan fingerprint density at radius 3 is 2.65 bits per heavy atom. The molecular formula is C12H11N3S2. The average Bonchev–Trinajstić information content (AvgIpc) is 2.87. The molecule has 0 aliphatic rings. The van der Waals surface area contributed by atoms with Crippen LogP contribution in [0.4, 0.5) is 0 Å². The first-order valence-corrected chi connectivity index (χ1v) is 7.27. The van der Waals surface area contributed by atoms with Gasteiger partial charge in [0.15, 0.2) is 9.99 Å². The lowest BCUT2D eigenvalue weighted by Crippen LogP contribution is -1.94. The minimum absolute atomic E-state index is 0.833. The van der Waals surface area contributed by atoms with E-state index in [-0.39, 0.29) is 0 Å². The number of benzene rings is 1. The summed E-state index contributed by atoms with van der Waals surface area (Å²) in [5, 5.41) is 4.48. The van der Waals surface area contributed by atoms with Gasteiger partial charge in [-0.1, -0.05) is 29.5 Å². The predicted molar refractivity (Wildman–Crippen MR) is 73.3 cm³/mol. The van der Waals surface area contributed by atoms with Crippen LogP contribution in [0, 0.1) is 6.92 Å². The summed E-state index contributed by atoms with van der Waals surface area (Å²) in [7, 11) is 0. The molecule has 0 radical (unpaired) electrons. The summed E-state index contributed by atoms with van der Waals surface area (Å²) in [6.45, 7) is 2.08. The van der Waals surface area contributed by atoms with E-state index in [9.17, 15) is 0 Å². The van der Waals surface area contributed by atoms with Gasteiger partial charge in [-0.15, -0.1) is 16.4 Å². The lowest BCUT2D eigenvalue weighted by Gasteiger charge is -2.00. The van der Waals surface area contributed by atoms with E-state index in [0.29, 0.717) is 0 Å². The summed E-state index contributed by atoms with van der Waals surface area (Å²) in [4.78, 5) is 4.44. The average molecular weight is 261 g/mol. The van der Waals surface area contributed by atoms with Gasteiger partial charge in [0.05, 0.1) is 16.6 Å². The van der Waals surface area contributed by atoms with E-state index in [2.05, 4.69) is 41.3 Å². The van der Waals surface area contributed by atoms with Crippen molar-refractivity contribution in [2.24, 2.45) is 0 Å². The summed E-state index contributed by atoms with van der Waals surface area (Å²) >= 11 is 3.35. The van der Waals surface area contributed by atoms with E-state index in [1.54, 1.807) is 23.1 Å². The summed E-state index contributed by atoms with van der Waals surface area (Å²) < 4.78 is 4.09. The number of hydrogen-bond donors (Lipinski definition) is 0. The quantitative estimate of drug-likeness (QED) is 0.661. The van der Waals surface area contributed by atoms with Crippen molar-refractivity contribution in [2.45, 2.75) is 11.3 Å². The predicted octanol–water partition coefficient (Wildman–Crippen LogP) is 3.51. The van der Waals surface area contributed by atoms with Gasteiger partial charge in [-0.2, -0.15) is 0 Å². The standard InChI is InChI=1S/C12H11N3S2/c1-8-3-5-9(6-4-8)15-7-10-11(14-15)13-12(16-2)17-10/h3-7H,1-2H3. The van der Waals surface area contributed by atoms with Gasteiger partial charge in [0, 0.05) is 0 Å². The van der Waals surface area contributed by atoms with Crippen LogP contribution < -0.4 is 0 Å². The van der Waals surface area contributed by atoms with Crippen LogP contribution in [0.5, 0.6) is 0 Å². The van der Waals surface area contributed by atoms with Crippen LogP contribution in [0.1, 0.15) is 5.56 Å². The number of fused-ring (bicyclic) bond motifs is 1. The molecule has 0 atom stereocenters. The molecule has 2 heterocycles. The molecule has 0 spiro atoms. The van der Waals surface area contributed by atoms with Gasteiger partial charge in [-0.05, 0) is 25.3 Å². The normalized spacial score (nSPS) is 11.2. The first kappa shape index (κ1) is 10.8. The molecule has 0 N–H and O–H groups in total. The van der Waals surface area contributed by atoms with Crippen molar-refractivity contribution in [3.05, 3.63) is 36.0 Å². The molecule has 0 unspecified atom stereocenters. The van der Waals surface area contributed by atoms with Crippen LogP contribution in [-0.4, -0.2) is 21.0 Å². The second-order valence-electron chi connectivity index (χ2n) is 3.78. The molecule has 0 saturated carbocycles. The van der Waals surface area contributed by atoms with Gasteiger partial charge in [-0.25, -0.2) is 9.67 Å². The summed E-state index contributed by atoms with van der Waals surface area (Å²) in [6.07, 6.45) is 4.07. The molecular weight excluding hydrogens is 250 g/mol. The maximum absolute atomic E-state index is 4.48. The first-order chi connectivity index (χ1) is 8.26. The Morgan fingerprint density at radius 1 is 1.24 bits per heavy atom. The molecule has 0 aliphatic carbocycles. The number of nitrogens with zero attached hydrogens (tertiary/aromatic N) is 3. The lowest BCUT2D eigenvalue weighted by atomic mass is 10.2. The highest BCUT2D eigenvalue weighted by atomic mass is 32.2. The van der Waals surface area contributed by atoms with E-state index in [1.165, 1.54) is 5.56 Å². The number of rotatable bonds is 2. The van der Waals surface area contributed by atoms with Crippen LogP contribution in [0.3, 0.4) is 0 Å². The van der Waals surface area contributed by atoms with Crippen LogP contribution in [0.25, 0.3) is 16.0 Å². The second-order valence-corrected chi connectivity index (χ2v) is 5.86. The third kappa shape index (κ3) is 1.96. The minimum Gasteiger partial charge on any atom is -0.237 e. The largest absolute Gasteiger partial charge is 0.237 e. The van der Waals surface area contributed by atoms with Crippen molar-refractivity contribution < 1.29 is 0 Å². The third-order valence-corrected chi connectivity index (χ3v) is 4.49. The zero-order valence-corrected chi connectivity index (χ0v) is 11.2. The Balaban J connectivity index is 2.06. The second kappa shape index (κ2) is 4.16. The Labute approximate surface area is 107 Å². The van der Waals surface area contributed by atoms with Crippen molar-refractivity contribution in [3.8, 4) is 5.69 Å². The highest BCUT2D eigenvalue weighted by Crippen LogP contribution is 2.27. The highest BCUT2D eigenvalue weighted by molar-refractivity contribution is 8.00. The highest BCUT2D eigenvalue weighted by Gasteiger charge is 2.08. The summed E-state index contributed by atoms with van der Waals surface area (Å²) in [6, 6.07) is 8.32. The molecule has 5 heteroatoms. The molecule has 17 heavy (non-hydrogen) atoms. The molecule has 0 fully saturated rings. The van der Waals surface area contributed by atoms with Gasteiger partial charge >= 0.3 is 0 Å². The van der Waals surface area contributed by atoms with Crippen molar-refractivity contribution in [1.82, 2.24) is 14.8 Å². The smallest absolute Gasteiger partial charge is 0.193 e. The van der Waals surface area contributed by atoms with Gasteiger partial charge in [-0.3, -0.25) is 0 Å². The van der Waals surface area contributed by atoms with Crippen LogP contribution >= 0.6 is 23.1 Å². The Morgan fingerprint density at radius 2 is 2.00 bits per heavy atom.